The summed E-state index contributed by atoms with van der Waals surface area (Å²) >= 11 is 0. The van der Waals surface area contributed by atoms with E-state index >= 15 is 0 Å². The van der Waals surface area contributed by atoms with Crippen LogP contribution in [0.25, 0.3) is 0 Å². The molecule has 1 amide bonds. The first kappa shape index (κ1) is 17.3. The number of ether oxygens (including phenoxy) is 2. The fraction of sp³-hybridized carbons (Fsp3) is 0.529. The number of hydrogen-bond donors (Lipinski definition) is 2. The van der Waals surface area contributed by atoms with Crippen LogP contribution in [0.2, 0.25) is 0 Å². The van der Waals surface area contributed by atoms with Crippen molar-refractivity contribution in [2.24, 2.45) is 0 Å². The normalized spacial score (nSPS) is 21.7. The molecule has 6 heteroatoms. The molecule has 0 saturated carbocycles. The third-order valence-corrected chi connectivity index (χ3v) is 3.86. The van der Waals surface area contributed by atoms with Gasteiger partial charge in [-0.25, -0.2) is 4.79 Å². The van der Waals surface area contributed by atoms with Crippen molar-refractivity contribution in [3.05, 3.63) is 29.3 Å². The highest BCUT2D eigenvalue weighted by Crippen LogP contribution is 2.23. The van der Waals surface area contributed by atoms with Gasteiger partial charge in [0.2, 0.25) is 5.91 Å². The van der Waals surface area contributed by atoms with E-state index in [1.165, 1.54) is 0 Å². The van der Waals surface area contributed by atoms with Crippen molar-refractivity contribution in [1.29, 1.82) is 0 Å². The summed E-state index contributed by atoms with van der Waals surface area (Å²) in [5.41, 5.74) is 2.10. The number of benzene rings is 1. The Labute approximate surface area is 135 Å². The Morgan fingerprint density at radius 3 is 2.48 bits per heavy atom. The Kier molecular flexibility index (Phi) is 5.60. The fourth-order valence-electron chi connectivity index (χ4n) is 2.62. The van der Waals surface area contributed by atoms with E-state index in [-0.39, 0.29) is 11.9 Å². The lowest BCUT2D eigenvalue weighted by molar-refractivity contribution is -0.151. The van der Waals surface area contributed by atoms with Gasteiger partial charge >= 0.3 is 5.97 Å². The largest absolute Gasteiger partial charge is 0.491 e. The Hall–Kier alpha value is -2.08. The molecule has 1 fully saturated rings. The predicted molar refractivity (Wildman–Crippen MR) is 84.5 cm³/mol. The van der Waals surface area contributed by atoms with Crippen molar-refractivity contribution >= 4 is 11.9 Å². The molecular weight excluding hydrogens is 298 g/mol. The molecule has 1 aliphatic heterocycles. The van der Waals surface area contributed by atoms with Gasteiger partial charge in [-0.1, -0.05) is 18.2 Å². The maximum absolute atomic E-state index is 12.1. The number of carbonyl (C=O) groups is 2. The molecule has 2 N–H and O–H groups in total. The molecule has 126 valence electrons. The molecule has 6 nitrogen and oxygen atoms in total. The smallest absolute Gasteiger partial charge is 0.332 e. The lowest BCUT2D eigenvalue weighted by Crippen LogP contribution is -2.43. The quantitative estimate of drug-likeness (QED) is 0.835. The van der Waals surface area contributed by atoms with Crippen LogP contribution in [0.4, 0.5) is 0 Å². The van der Waals surface area contributed by atoms with E-state index in [1.54, 1.807) is 0 Å². The van der Waals surface area contributed by atoms with E-state index in [0.717, 1.165) is 16.9 Å². The van der Waals surface area contributed by atoms with E-state index in [4.69, 9.17) is 14.6 Å². The van der Waals surface area contributed by atoms with Crippen LogP contribution in [0.5, 0.6) is 5.75 Å². The summed E-state index contributed by atoms with van der Waals surface area (Å²) in [6, 6.07) is 5.72. The number of hydrogen-bond acceptors (Lipinski definition) is 4. The minimum atomic E-state index is -1.02. The van der Waals surface area contributed by atoms with Gasteiger partial charge in [-0.3, -0.25) is 4.79 Å². The molecule has 1 aromatic rings. The molecule has 1 heterocycles. The maximum atomic E-state index is 12.1. The van der Waals surface area contributed by atoms with Crippen LogP contribution in [-0.4, -0.2) is 41.8 Å². The van der Waals surface area contributed by atoms with Gasteiger partial charge in [0, 0.05) is 0 Å². The van der Waals surface area contributed by atoms with Gasteiger partial charge in [0.05, 0.1) is 6.04 Å². The molecule has 0 aliphatic carbocycles. The zero-order valence-electron chi connectivity index (χ0n) is 13.7. The molecule has 3 atom stereocenters. The summed E-state index contributed by atoms with van der Waals surface area (Å²) in [5, 5.41) is 11.7. The summed E-state index contributed by atoms with van der Waals surface area (Å²) in [6.45, 7) is 6.13. The van der Waals surface area contributed by atoms with Crippen molar-refractivity contribution in [3.63, 3.8) is 0 Å². The highest BCUT2D eigenvalue weighted by molar-refractivity contribution is 5.82. The minimum absolute atomic E-state index is 0.200. The molecule has 1 unspecified atom stereocenters. The first-order valence-electron chi connectivity index (χ1n) is 7.76. The second-order valence-electron chi connectivity index (χ2n) is 5.97. The Bertz CT molecular complexity index is 566. The van der Waals surface area contributed by atoms with Gasteiger partial charge < -0.3 is 19.9 Å². The molecule has 1 aromatic carbocycles. The zero-order chi connectivity index (χ0) is 17.0. The SMILES string of the molecule is Cc1cccc(C)c1OCC(C)NC(=O)[C@@H]1CC[C@H](C(=O)O)O1. The first-order valence-corrected chi connectivity index (χ1v) is 7.76. The molecule has 1 saturated heterocycles. The molecule has 2 rings (SSSR count). The fourth-order valence-corrected chi connectivity index (χ4v) is 2.62. The summed E-state index contributed by atoms with van der Waals surface area (Å²) in [4.78, 5) is 22.9. The second-order valence-corrected chi connectivity index (χ2v) is 5.97. The van der Waals surface area contributed by atoms with Crippen molar-refractivity contribution in [2.75, 3.05) is 6.61 Å². The summed E-state index contributed by atoms with van der Waals surface area (Å²) < 4.78 is 11.0. The van der Waals surface area contributed by atoms with Gasteiger partial charge in [-0.05, 0) is 44.7 Å². The van der Waals surface area contributed by atoms with E-state index in [1.807, 2.05) is 39.0 Å². The van der Waals surface area contributed by atoms with Gasteiger partial charge in [0.25, 0.3) is 0 Å². The lowest BCUT2D eigenvalue weighted by atomic mass is 10.1. The number of carboxylic acid groups (broad SMARTS) is 1. The number of aryl methyl sites for hydroxylation is 2. The third kappa shape index (κ3) is 4.45. The molecular formula is C17H23NO5. The second kappa shape index (κ2) is 7.46. The third-order valence-electron chi connectivity index (χ3n) is 3.86. The number of para-hydroxylation sites is 1. The summed E-state index contributed by atoms with van der Waals surface area (Å²) in [5.74, 6) is -0.477. The molecule has 0 radical (unpaired) electrons. The van der Waals surface area contributed by atoms with Crippen LogP contribution in [0, 0.1) is 13.8 Å². The van der Waals surface area contributed by atoms with Crippen LogP contribution in [0.15, 0.2) is 18.2 Å². The van der Waals surface area contributed by atoms with Gasteiger partial charge in [-0.2, -0.15) is 0 Å². The van der Waals surface area contributed by atoms with Crippen LogP contribution in [-0.2, 0) is 14.3 Å². The monoisotopic (exact) mass is 321 g/mol. The highest BCUT2D eigenvalue weighted by atomic mass is 16.5. The number of carbonyl (C=O) groups excluding carboxylic acids is 1. The molecule has 23 heavy (non-hydrogen) atoms. The molecule has 0 spiro atoms. The van der Waals surface area contributed by atoms with Crippen molar-refractivity contribution in [3.8, 4) is 5.75 Å². The lowest BCUT2D eigenvalue weighted by Gasteiger charge is -2.19. The van der Waals surface area contributed by atoms with Crippen LogP contribution >= 0.6 is 0 Å². The van der Waals surface area contributed by atoms with E-state index < -0.39 is 18.2 Å². The molecule has 0 bridgehead atoms. The average molecular weight is 321 g/mol. The predicted octanol–water partition coefficient (Wildman–Crippen LogP) is 1.82. The minimum Gasteiger partial charge on any atom is -0.491 e. The highest BCUT2D eigenvalue weighted by Gasteiger charge is 2.35. The van der Waals surface area contributed by atoms with E-state index in [0.29, 0.717) is 19.4 Å². The van der Waals surface area contributed by atoms with E-state index in [2.05, 4.69) is 5.32 Å². The van der Waals surface area contributed by atoms with Gasteiger partial charge in [-0.15, -0.1) is 0 Å². The number of aliphatic carboxylic acids is 1. The Balaban J connectivity index is 1.82. The average Bonchev–Trinajstić information content (AvgIpc) is 2.96. The number of rotatable bonds is 6. The van der Waals surface area contributed by atoms with Crippen LogP contribution in [0.3, 0.4) is 0 Å². The van der Waals surface area contributed by atoms with Crippen molar-refractivity contribution < 1.29 is 24.2 Å². The number of carboxylic acids is 1. The summed E-state index contributed by atoms with van der Waals surface area (Å²) in [6.07, 6.45) is -0.792. The first-order chi connectivity index (χ1) is 10.9. The number of nitrogens with one attached hydrogen (secondary N) is 1. The molecule has 0 aromatic heterocycles. The van der Waals surface area contributed by atoms with Crippen LogP contribution in [0.1, 0.15) is 30.9 Å². The molecule has 1 aliphatic rings. The number of amides is 1. The zero-order valence-corrected chi connectivity index (χ0v) is 13.7. The van der Waals surface area contributed by atoms with Gasteiger partial charge in [0.1, 0.15) is 18.5 Å². The summed E-state index contributed by atoms with van der Waals surface area (Å²) in [7, 11) is 0. The Morgan fingerprint density at radius 1 is 1.30 bits per heavy atom. The topological polar surface area (TPSA) is 84.9 Å². The van der Waals surface area contributed by atoms with Gasteiger partial charge in [0.15, 0.2) is 6.10 Å². The van der Waals surface area contributed by atoms with Crippen molar-refractivity contribution in [1.82, 2.24) is 5.32 Å². The van der Waals surface area contributed by atoms with Crippen molar-refractivity contribution in [2.45, 2.75) is 51.9 Å². The van der Waals surface area contributed by atoms with Crippen LogP contribution < -0.4 is 10.1 Å². The Morgan fingerprint density at radius 2 is 1.91 bits per heavy atom. The maximum Gasteiger partial charge on any atom is 0.332 e. The standard InChI is InChI=1S/C17H23NO5/c1-10-5-4-6-11(2)15(10)22-9-12(3)18-16(19)13-7-8-14(23-13)17(20)21/h4-6,12-14H,7-9H2,1-3H3,(H,18,19)(H,20,21)/t12?,13-,14+/m0/s1. The van der Waals surface area contributed by atoms with E-state index in [9.17, 15) is 9.59 Å².